The number of anilines is 1. The van der Waals surface area contributed by atoms with Gasteiger partial charge in [-0.15, -0.1) is 12.6 Å². The average Bonchev–Trinajstić information content (AvgIpc) is 2.74. The van der Waals surface area contributed by atoms with Crippen molar-refractivity contribution in [3.8, 4) is 0 Å². The molecule has 0 amide bonds. The first-order chi connectivity index (χ1) is 15.3. The number of rotatable bonds is 17. The number of esters is 1. The number of thiol groups is 1. The topological polar surface area (TPSA) is 56.8 Å². The normalized spacial score (nSPS) is 13.1. The van der Waals surface area contributed by atoms with Crippen LogP contribution in [0.4, 0.5) is 5.69 Å². The standard InChI is InChI=1S/C26H43NO4S/c1-7-29-24(28)13-11-10-12-17-26(6,20(4)5)22-19-21(32)14-15-23(22)27-18-16-25(30-8-2)31-9-3/h14-15,19,25,27,32H,4,7-13,16-18H2,1-3,5-6H3. The number of carbonyl (C=O) groups is 1. The molecule has 0 fully saturated rings. The summed E-state index contributed by atoms with van der Waals surface area (Å²) in [6.07, 6.45) is 4.85. The number of allylic oxidation sites excluding steroid dienone is 1. The van der Waals surface area contributed by atoms with Gasteiger partial charge in [0.2, 0.25) is 0 Å². The van der Waals surface area contributed by atoms with Crippen LogP contribution in [0, 0.1) is 0 Å². The molecule has 0 saturated carbocycles. The molecule has 0 aliphatic rings. The summed E-state index contributed by atoms with van der Waals surface area (Å²) >= 11 is 4.60. The van der Waals surface area contributed by atoms with Crippen molar-refractivity contribution in [3.63, 3.8) is 0 Å². The Labute approximate surface area is 200 Å². The van der Waals surface area contributed by atoms with Crippen molar-refractivity contribution in [1.82, 2.24) is 0 Å². The van der Waals surface area contributed by atoms with Gasteiger partial charge in [0.15, 0.2) is 6.29 Å². The summed E-state index contributed by atoms with van der Waals surface area (Å²) in [7, 11) is 0. The Balaban J connectivity index is 2.84. The lowest BCUT2D eigenvalue weighted by Gasteiger charge is -2.34. The number of ether oxygens (including phenoxy) is 3. The number of carbonyl (C=O) groups excluding carboxylic acids is 1. The van der Waals surface area contributed by atoms with Crippen molar-refractivity contribution in [1.29, 1.82) is 0 Å². The van der Waals surface area contributed by atoms with Gasteiger partial charge in [0.1, 0.15) is 0 Å². The summed E-state index contributed by atoms with van der Waals surface area (Å²) in [6, 6.07) is 6.24. The maximum atomic E-state index is 11.6. The van der Waals surface area contributed by atoms with Crippen LogP contribution in [0.25, 0.3) is 0 Å². The van der Waals surface area contributed by atoms with Crippen LogP contribution < -0.4 is 5.32 Å². The number of benzene rings is 1. The van der Waals surface area contributed by atoms with Crippen LogP contribution in [-0.2, 0) is 24.4 Å². The minimum absolute atomic E-state index is 0.109. The lowest BCUT2D eigenvalue weighted by atomic mass is 9.72. The molecule has 0 spiro atoms. The third-order valence-electron chi connectivity index (χ3n) is 5.80. The monoisotopic (exact) mass is 465 g/mol. The highest BCUT2D eigenvalue weighted by Crippen LogP contribution is 2.41. The fourth-order valence-electron chi connectivity index (χ4n) is 3.79. The van der Waals surface area contributed by atoms with Gasteiger partial charge in [-0.3, -0.25) is 4.79 Å². The van der Waals surface area contributed by atoms with E-state index in [4.69, 9.17) is 14.2 Å². The minimum atomic E-state index is -0.197. The van der Waals surface area contributed by atoms with E-state index < -0.39 is 0 Å². The molecule has 0 aliphatic heterocycles. The molecule has 0 heterocycles. The van der Waals surface area contributed by atoms with Gasteiger partial charge in [0.25, 0.3) is 0 Å². The molecule has 182 valence electrons. The zero-order valence-corrected chi connectivity index (χ0v) is 21.6. The van der Waals surface area contributed by atoms with E-state index in [1.807, 2.05) is 26.8 Å². The Morgan fingerprint density at radius 1 is 1.12 bits per heavy atom. The Morgan fingerprint density at radius 2 is 1.81 bits per heavy atom. The van der Waals surface area contributed by atoms with Crippen molar-refractivity contribution in [2.75, 3.05) is 31.7 Å². The number of nitrogens with one attached hydrogen (secondary N) is 1. The molecular formula is C26H43NO4S. The van der Waals surface area contributed by atoms with Gasteiger partial charge in [-0.25, -0.2) is 0 Å². The van der Waals surface area contributed by atoms with Gasteiger partial charge in [-0.05, 0) is 64.3 Å². The summed E-state index contributed by atoms with van der Waals surface area (Å²) in [5.74, 6) is -0.109. The van der Waals surface area contributed by atoms with Crippen LogP contribution in [-0.4, -0.2) is 38.6 Å². The lowest BCUT2D eigenvalue weighted by Crippen LogP contribution is -2.26. The molecular weight excluding hydrogens is 422 g/mol. The SMILES string of the molecule is C=C(C)C(C)(CCCCCC(=O)OCC)c1cc(S)ccc1NCCC(OCC)OCC. The fourth-order valence-corrected chi connectivity index (χ4v) is 3.99. The van der Waals surface area contributed by atoms with Crippen LogP contribution >= 0.6 is 12.6 Å². The summed E-state index contributed by atoms with van der Waals surface area (Å²) in [4.78, 5) is 12.5. The van der Waals surface area contributed by atoms with Crippen molar-refractivity contribution >= 4 is 24.3 Å². The molecule has 5 nitrogen and oxygen atoms in total. The molecule has 1 N–H and O–H groups in total. The third kappa shape index (κ3) is 9.55. The Hall–Kier alpha value is -1.50. The van der Waals surface area contributed by atoms with Crippen LogP contribution in [0.1, 0.15) is 78.7 Å². The zero-order valence-electron chi connectivity index (χ0n) is 20.7. The average molecular weight is 466 g/mol. The van der Waals surface area contributed by atoms with E-state index in [0.717, 1.165) is 54.8 Å². The molecule has 0 bridgehead atoms. The maximum absolute atomic E-state index is 11.6. The second kappa shape index (κ2) is 15.4. The summed E-state index contributed by atoms with van der Waals surface area (Å²) < 4.78 is 16.3. The number of hydrogen-bond acceptors (Lipinski definition) is 6. The second-order valence-electron chi connectivity index (χ2n) is 8.26. The molecule has 32 heavy (non-hydrogen) atoms. The molecule has 1 aromatic carbocycles. The molecule has 0 aliphatic carbocycles. The molecule has 0 radical (unpaired) electrons. The predicted molar refractivity (Wildman–Crippen MR) is 136 cm³/mol. The largest absolute Gasteiger partial charge is 0.466 e. The van der Waals surface area contributed by atoms with E-state index in [2.05, 4.69) is 50.5 Å². The predicted octanol–water partition coefficient (Wildman–Crippen LogP) is 6.52. The minimum Gasteiger partial charge on any atom is -0.466 e. The molecule has 0 aromatic heterocycles. The first kappa shape index (κ1) is 28.5. The maximum Gasteiger partial charge on any atom is 0.305 e. The molecule has 1 atom stereocenters. The van der Waals surface area contributed by atoms with Gasteiger partial charge < -0.3 is 19.5 Å². The summed E-state index contributed by atoms with van der Waals surface area (Å²) in [5, 5.41) is 3.58. The van der Waals surface area contributed by atoms with E-state index in [1.54, 1.807) is 0 Å². The molecule has 6 heteroatoms. The Bertz CT molecular complexity index is 703. The second-order valence-corrected chi connectivity index (χ2v) is 8.78. The third-order valence-corrected chi connectivity index (χ3v) is 6.08. The molecule has 1 aromatic rings. The van der Waals surface area contributed by atoms with Crippen molar-refractivity contribution < 1.29 is 19.0 Å². The highest BCUT2D eigenvalue weighted by Gasteiger charge is 2.30. The van der Waals surface area contributed by atoms with Crippen molar-refractivity contribution in [3.05, 3.63) is 35.9 Å². The van der Waals surface area contributed by atoms with Gasteiger partial charge in [-0.2, -0.15) is 0 Å². The van der Waals surface area contributed by atoms with E-state index in [0.29, 0.717) is 26.2 Å². The van der Waals surface area contributed by atoms with E-state index in [-0.39, 0.29) is 17.7 Å². The van der Waals surface area contributed by atoms with Crippen LogP contribution in [0.5, 0.6) is 0 Å². The summed E-state index contributed by atoms with van der Waals surface area (Å²) in [5.41, 5.74) is 3.22. The smallest absolute Gasteiger partial charge is 0.305 e. The first-order valence-electron chi connectivity index (χ1n) is 11.9. The molecule has 1 rings (SSSR count). The van der Waals surface area contributed by atoms with Crippen molar-refractivity contribution in [2.45, 2.75) is 89.7 Å². The quantitative estimate of drug-likeness (QED) is 0.0901. The van der Waals surface area contributed by atoms with Gasteiger partial charge >= 0.3 is 5.97 Å². The Morgan fingerprint density at radius 3 is 2.41 bits per heavy atom. The van der Waals surface area contributed by atoms with Gasteiger partial charge in [0.05, 0.1) is 6.61 Å². The lowest BCUT2D eigenvalue weighted by molar-refractivity contribution is -0.143. The number of unbranched alkanes of at least 4 members (excludes halogenated alkanes) is 2. The van der Waals surface area contributed by atoms with Crippen molar-refractivity contribution in [2.24, 2.45) is 0 Å². The molecule has 0 saturated heterocycles. The highest BCUT2D eigenvalue weighted by molar-refractivity contribution is 7.80. The zero-order chi connectivity index (χ0) is 24.0. The van der Waals surface area contributed by atoms with Crippen LogP contribution in [0.3, 0.4) is 0 Å². The van der Waals surface area contributed by atoms with Gasteiger partial charge in [0, 0.05) is 48.6 Å². The summed E-state index contributed by atoms with van der Waals surface area (Å²) in [6.45, 7) is 16.9. The van der Waals surface area contributed by atoms with Crippen LogP contribution in [0.15, 0.2) is 35.2 Å². The number of hydrogen-bond donors (Lipinski definition) is 2. The van der Waals surface area contributed by atoms with Gasteiger partial charge in [-0.1, -0.05) is 31.9 Å². The van der Waals surface area contributed by atoms with Crippen LogP contribution in [0.2, 0.25) is 0 Å². The fraction of sp³-hybridized carbons (Fsp3) is 0.654. The first-order valence-corrected chi connectivity index (χ1v) is 12.3. The molecule has 1 unspecified atom stereocenters. The van der Waals surface area contributed by atoms with E-state index >= 15 is 0 Å². The van der Waals surface area contributed by atoms with E-state index in [1.165, 1.54) is 5.56 Å². The Kier molecular flexibility index (Phi) is 13.7. The van der Waals surface area contributed by atoms with E-state index in [9.17, 15) is 4.79 Å². The highest BCUT2D eigenvalue weighted by atomic mass is 32.1.